The molecular formula is C13H24N2O4. The van der Waals surface area contributed by atoms with Crippen molar-refractivity contribution in [3.63, 3.8) is 0 Å². The van der Waals surface area contributed by atoms with Crippen LogP contribution in [0.3, 0.4) is 0 Å². The van der Waals surface area contributed by atoms with Gasteiger partial charge in [-0.3, -0.25) is 4.79 Å². The van der Waals surface area contributed by atoms with E-state index in [1.807, 2.05) is 6.92 Å². The summed E-state index contributed by atoms with van der Waals surface area (Å²) < 4.78 is 5.50. The Morgan fingerprint density at radius 2 is 2.05 bits per heavy atom. The molecule has 1 heterocycles. The van der Waals surface area contributed by atoms with Crippen molar-refractivity contribution >= 4 is 11.9 Å². The van der Waals surface area contributed by atoms with Gasteiger partial charge in [-0.05, 0) is 39.3 Å². The van der Waals surface area contributed by atoms with E-state index in [1.165, 1.54) is 6.92 Å². The van der Waals surface area contributed by atoms with E-state index in [2.05, 4.69) is 10.6 Å². The highest BCUT2D eigenvalue weighted by atomic mass is 16.5. The molecule has 1 fully saturated rings. The Hall–Kier alpha value is -1.14. The zero-order chi connectivity index (χ0) is 14.3. The van der Waals surface area contributed by atoms with Crippen LogP contribution in [0, 0.1) is 0 Å². The van der Waals surface area contributed by atoms with Gasteiger partial charge in [0.05, 0.1) is 6.10 Å². The van der Waals surface area contributed by atoms with E-state index < -0.39 is 11.5 Å². The Balaban J connectivity index is 2.37. The number of aliphatic carboxylic acids is 1. The molecule has 1 atom stereocenters. The summed E-state index contributed by atoms with van der Waals surface area (Å²) in [7, 11) is 0. The smallest absolute Gasteiger partial charge is 0.329 e. The van der Waals surface area contributed by atoms with Crippen LogP contribution in [0.1, 0.15) is 39.5 Å². The lowest BCUT2D eigenvalue weighted by Gasteiger charge is -2.27. The highest BCUT2D eigenvalue weighted by molar-refractivity contribution is 5.87. The lowest BCUT2D eigenvalue weighted by Crippen LogP contribution is -2.53. The summed E-state index contributed by atoms with van der Waals surface area (Å²) in [5.41, 5.74) is -1.21. The molecule has 6 heteroatoms. The summed E-state index contributed by atoms with van der Waals surface area (Å²) in [5.74, 6) is -1.37. The molecule has 0 aromatic rings. The molecule has 3 N–H and O–H groups in total. The van der Waals surface area contributed by atoms with E-state index in [4.69, 9.17) is 9.84 Å². The van der Waals surface area contributed by atoms with E-state index in [0.29, 0.717) is 12.8 Å². The summed E-state index contributed by atoms with van der Waals surface area (Å²) in [4.78, 5) is 23.0. The van der Waals surface area contributed by atoms with Crippen molar-refractivity contribution in [3.05, 3.63) is 0 Å². The van der Waals surface area contributed by atoms with Gasteiger partial charge in [0.15, 0.2) is 0 Å². The second-order valence-electron chi connectivity index (χ2n) is 5.20. The predicted octanol–water partition coefficient (Wildman–Crippen LogP) is 0.515. The molecule has 6 nitrogen and oxygen atoms in total. The zero-order valence-corrected chi connectivity index (χ0v) is 11.7. The van der Waals surface area contributed by atoms with Gasteiger partial charge in [0.1, 0.15) is 12.1 Å². The van der Waals surface area contributed by atoms with Crippen LogP contribution in [0.4, 0.5) is 0 Å². The number of amides is 1. The first-order valence-electron chi connectivity index (χ1n) is 6.84. The molecule has 1 saturated heterocycles. The quantitative estimate of drug-likeness (QED) is 0.628. The van der Waals surface area contributed by atoms with Crippen LogP contribution >= 0.6 is 0 Å². The van der Waals surface area contributed by atoms with E-state index in [-0.39, 0.29) is 18.6 Å². The first-order valence-corrected chi connectivity index (χ1v) is 6.84. The van der Waals surface area contributed by atoms with Gasteiger partial charge in [0.2, 0.25) is 5.91 Å². The zero-order valence-electron chi connectivity index (χ0n) is 11.7. The largest absolute Gasteiger partial charge is 0.480 e. The predicted molar refractivity (Wildman–Crippen MR) is 70.9 cm³/mol. The van der Waals surface area contributed by atoms with E-state index in [1.54, 1.807) is 0 Å². The number of nitrogens with one attached hydrogen (secondary N) is 2. The Bertz CT molecular complexity index is 316. The third-order valence-corrected chi connectivity index (χ3v) is 3.37. The minimum absolute atomic E-state index is 0.0722. The lowest BCUT2D eigenvalue weighted by molar-refractivity contribution is -0.148. The summed E-state index contributed by atoms with van der Waals surface area (Å²) in [6.45, 7) is 5.14. The fraction of sp³-hybridized carbons (Fsp3) is 0.846. The van der Waals surface area contributed by atoms with Gasteiger partial charge in [-0.1, -0.05) is 13.3 Å². The Morgan fingerprint density at radius 1 is 1.42 bits per heavy atom. The van der Waals surface area contributed by atoms with Crippen molar-refractivity contribution < 1.29 is 19.4 Å². The fourth-order valence-corrected chi connectivity index (χ4v) is 2.22. The van der Waals surface area contributed by atoms with Gasteiger partial charge in [-0.15, -0.1) is 0 Å². The standard InChI is InChI=1S/C13H24N2O4/c1-3-6-13(2,12(17)18)15-11(16)9-19-10-4-7-14-8-5-10/h10,14H,3-9H2,1-2H3,(H,15,16)(H,17,18). The number of carboxylic acid groups (broad SMARTS) is 1. The minimum atomic E-state index is -1.21. The number of hydrogen-bond donors (Lipinski definition) is 3. The molecule has 1 aliphatic rings. The summed E-state index contributed by atoms with van der Waals surface area (Å²) >= 11 is 0. The number of hydrogen-bond acceptors (Lipinski definition) is 4. The van der Waals surface area contributed by atoms with E-state index >= 15 is 0 Å². The van der Waals surface area contributed by atoms with Crippen LogP contribution in [0.15, 0.2) is 0 Å². The van der Waals surface area contributed by atoms with Crippen molar-refractivity contribution in [1.82, 2.24) is 10.6 Å². The summed E-state index contributed by atoms with van der Waals surface area (Å²) in [5, 5.41) is 14.9. The average Bonchev–Trinajstić information content (AvgIpc) is 2.37. The Labute approximate surface area is 113 Å². The van der Waals surface area contributed by atoms with Gasteiger partial charge < -0.3 is 20.5 Å². The second-order valence-corrected chi connectivity index (χ2v) is 5.20. The molecule has 0 aromatic heterocycles. The molecule has 110 valence electrons. The number of carboxylic acids is 1. The van der Waals surface area contributed by atoms with Gasteiger partial charge in [-0.25, -0.2) is 4.79 Å². The highest BCUT2D eigenvalue weighted by Crippen LogP contribution is 2.13. The minimum Gasteiger partial charge on any atom is -0.480 e. The van der Waals surface area contributed by atoms with Gasteiger partial charge in [0, 0.05) is 0 Å². The molecule has 0 bridgehead atoms. The van der Waals surface area contributed by atoms with Crippen LogP contribution in [0.25, 0.3) is 0 Å². The fourth-order valence-electron chi connectivity index (χ4n) is 2.22. The Kier molecular flexibility index (Phi) is 6.24. The number of piperidine rings is 1. The molecule has 1 rings (SSSR count). The molecule has 0 aliphatic carbocycles. The molecule has 19 heavy (non-hydrogen) atoms. The molecule has 0 spiro atoms. The maximum atomic E-state index is 11.8. The third kappa shape index (κ3) is 5.16. The SMILES string of the molecule is CCCC(C)(NC(=O)COC1CCNCC1)C(=O)O. The van der Waals surface area contributed by atoms with Crippen LogP contribution in [-0.2, 0) is 14.3 Å². The number of carbonyl (C=O) groups is 2. The molecule has 1 aliphatic heterocycles. The van der Waals surface area contributed by atoms with Gasteiger partial charge in [0.25, 0.3) is 0 Å². The third-order valence-electron chi connectivity index (χ3n) is 3.37. The average molecular weight is 272 g/mol. The van der Waals surface area contributed by atoms with Gasteiger partial charge >= 0.3 is 5.97 Å². The Morgan fingerprint density at radius 3 is 2.58 bits per heavy atom. The van der Waals surface area contributed by atoms with Crippen LogP contribution < -0.4 is 10.6 Å². The molecule has 0 saturated carbocycles. The van der Waals surface area contributed by atoms with Crippen LogP contribution in [0.5, 0.6) is 0 Å². The summed E-state index contributed by atoms with van der Waals surface area (Å²) in [6, 6.07) is 0. The maximum Gasteiger partial charge on any atom is 0.329 e. The summed E-state index contributed by atoms with van der Waals surface area (Å²) in [6.07, 6.45) is 2.96. The van der Waals surface area contributed by atoms with Crippen molar-refractivity contribution in [2.45, 2.75) is 51.2 Å². The van der Waals surface area contributed by atoms with E-state index in [0.717, 1.165) is 25.9 Å². The maximum absolute atomic E-state index is 11.8. The normalized spacial score (nSPS) is 19.7. The topological polar surface area (TPSA) is 87.7 Å². The second kappa shape index (κ2) is 7.45. The molecule has 1 unspecified atom stereocenters. The van der Waals surface area contributed by atoms with Crippen molar-refractivity contribution in [3.8, 4) is 0 Å². The van der Waals surface area contributed by atoms with Crippen molar-refractivity contribution in [2.75, 3.05) is 19.7 Å². The number of carbonyl (C=O) groups excluding carboxylic acids is 1. The first-order chi connectivity index (χ1) is 8.98. The first kappa shape index (κ1) is 15.9. The molecular weight excluding hydrogens is 248 g/mol. The van der Waals surface area contributed by atoms with Crippen LogP contribution in [-0.4, -0.2) is 48.3 Å². The van der Waals surface area contributed by atoms with E-state index in [9.17, 15) is 9.59 Å². The molecule has 1 amide bonds. The van der Waals surface area contributed by atoms with Crippen LogP contribution in [0.2, 0.25) is 0 Å². The van der Waals surface area contributed by atoms with Crippen molar-refractivity contribution in [1.29, 1.82) is 0 Å². The number of ether oxygens (including phenoxy) is 1. The number of rotatable bonds is 7. The lowest BCUT2D eigenvalue weighted by atomic mass is 9.96. The monoisotopic (exact) mass is 272 g/mol. The molecule has 0 aromatic carbocycles. The van der Waals surface area contributed by atoms with Crippen molar-refractivity contribution in [2.24, 2.45) is 0 Å². The molecule has 0 radical (unpaired) electrons. The highest BCUT2D eigenvalue weighted by Gasteiger charge is 2.33. The van der Waals surface area contributed by atoms with Gasteiger partial charge in [-0.2, -0.15) is 0 Å².